The van der Waals surface area contributed by atoms with Crippen molar-refractivity contribution in [2.75, 3.05) is 30.1 Å². The van der Waals surface area contributed by atoms with Crippen molar-refractivity contribution in [1.29, 1.82) is 0 Å². The summed E-state index contributed by atoms with van der Waals surface area (Å²) in [6.45, 7) is 0.938. The molecule has 1 saturated heterocycles. The lowest BCUT2D eigenvalue weighted by Crippen LogP contribution is -2.72. The topological polar surface area (TPSA) is 178 Å². The number of aliphatic carboxylic acids is 1. The molecular weight excluding hydrogens is 422 g/mol. The predicted octanol–water partition coefficient (Wildman–Crippen LogP) is -0.592. The molecule has 3 N–H and O–H groups in total. The molecule has 0 aliphatic carbocycles. The minimum Gasteiger partial charge on any atom is -0.477 e. The molecule has 0 unspecified atom stereocenters. The Morgan fingerprint density at radius 2 is 2.27 bits per heavy atom. The summed E-state index contributed by atoms with van der Waals surface area (Å²) in [5.41, 5.74) is 5.47. The average Bonchev–Trinajstić information content (AvgIpc) is 3.13. The number of fused-ring (bicyclic) bond motifs is 1. The Hall–Kier alpha value is -3.55. The number of carboxylic acid groups (broad SMARTS) is 1. The number of rotatable bonds is 7. The quantitative estimate of drug-likeness (QED) is 0.240. The number of nitrogens with zero attached hydrogens (tertiary/aromatic N) is 4. The minimum absolute atomic E-state index is 0.0368. The van der Waals surface area contributed by atoms with Gasteiger partial charge in [-0.15, -0.1) is 11.8 Å². The Morgan fingerprint density at radius 1 is 1.53 bits per heavy atom. The Kier molecular flexibility index (Phi) is 5.96. The first-order valence-corrected chi connectivity index (χ1v) is 9.45. The van der Waals surface area contributed by atoms with Gasteiger partial charge < -0.3 is 24.8 Å². The molecule has 1 fully saturated rings. The SMILES string of the molecule is CON=CC(=O)N(c1coc(N)n1)[C@@H]1C(=O)N2C(C(=O)O)=C(COC(C)=O)CS[C@@H]12. The average molecular weight is 439 g/mol. The second-order valence-electron chi connectivity index (χ2n) is 6.06. The van der Waals surface area contributed by atoms with Crippen molar-refractivity contribution in [3.63, 3.8) is 0 Å². The third-order valence-corrected chi connectivity index (χ3v) is 5.54. The van der Waals surface area contributed by atoms with E-state index in [1.165, 1.54) is 25.8 Å². The number of hydrogen-bond donors (Lipinski definition) is 2. The number of β-lactam (4-membered cyclic amide) rings is 1. The standard InChI is InChI=1S/C16H17N5O8S/c1-7(22)28-4-8-6-30-14-12(13(24)21(14)11(8)15(25)26)20(10(23)3-18-27-2)9-5-29-16(17)19-9/h3,5,12,14H,4,6H2,1-2H3,(H2,17,19)(H,25,26)/t12-,14+/m1/s1. The summed E-state index contributed by atoms with van der Waals surface area (Å²) >= 11 is 1.21. The highest BCUT2D eigenvalue weighted by Gasteiger charge is 2.57. The Bertz CT molecular complexity index is 957. The summed E-state index contributed by atoms with van der Waals surface area (Å²) in [5, 5.41) is 12.3. The number of oxazole rings is 1. The van der Waals surface area contributed by atoms with Crippen LogP contribution in [0.1, 0.15) is 6.92 Å². The van der Waals surface area contributed by atoms with Gasteiger partial charge in [0.15, 0.2) is 5.82 Å². The van der Waals surface area contributed by atoms with E-state index in [4.69, 9.17) is 14.9 Å². The number of ether oxygens (including phenoxy) is 1. The lowest BCUT2D eigenvalue weighted by molar-refractivity contribution is -0.149. The van der Waals surface area contributed by atoms with Crippen molar-refractivity contribution in [3.05, 3.63) is 17.5 Å². The van der Waals surface area contributed by atoms with Crippen molar-refractivity contribution in [2.24, 2.45) is 5.16 Å². The maximum Gasteiger partial charge on any atom is 0.352 e. The molecule has 30 heavy (non-hydrogen) atoms. The minimum atomic E-state index is -1.35. The zero-order chi connectivity index (χ0) is 22.0. The maximum atomic E-state index is 12.9. The molecule has 2 aliphatic heterocycles. The Balaban J connectivity index is 1.94. The van der Waals surface area contributed by atoms with Gasteiger partial charge in [0.05, 0.1) is 0 Å². The number of thioether (sulfide) groups is 1. The number of hydrogen-bond acceptors (Lipinski definition) is 11. The fraction of sp³-hybridized carbons (Fsp3) is 0.375. The van der Waals surface area contributed by atoms with Gasteiger partial charge in [0.25, 0.3) is 17.8 Å². The number of carboxylic acids is 1. The van der Waals surface area contributed by atoms with Crippen LogP contribution in [0, 0.1) is 0 Å². The fourth-order valence-corrected chi connectivity index (χ4v) is 4.38. The number of carbonyl (C=O) groups is 4. The van der Waals surface area contributed by atoms with E-state index in [0.29, 0.717) is 0 Å². The van der Waals surface area contributed by atoms with Gasteiger partial charge in [-0.2, -0.15) is 4.98 Å². The normalized spacial score (nSPS) is 20.6. The third-order valence-electron chi connectivity index (χ3n) is 4.21. The van der Waals surface area contributed by atoms with Gasteiger partial charge >= 0.3 is 11.9 Å². The number of nitrogens with two attached hydrogens (primary N) is 1. The molecule has 3 rings (SSSR count). The molecule has 3 heterocycles. The summed E-state index contributed by atoms with van der Waals surface area (Å²) in [7, 11) is 1.24. The molecule has 2 aliphatic rings. The van der Waals surface area contributed by atoms with Crippen LogP contribution in [0.2, 0.25) is 0 Å². The zero-order valence-corrected chi connectivity index (χ0v) is 16.6. The zero-order valence-electron chi connectivity index (χ0n) is 15.8. The summed E-state index contributed by atoms with van der Waals surface area (Å²) in [6.07, 6.45) is 1.94. The van der Waals surface area contributed by atoms with Crippen LogP contribution in [-0.4, -0.2) is 75.8 Å². The van der Waals surface area contributed by atoms with Gasteiger partial charge in [-0.25, -0.2) is 4.79 Å². The van der Waals surface area contributed by atoms with E-state index in [0.717, 1.165) is 22.3 Å². The van der Waals surface area contributed by atoms with E-state index in [2.05, 4.69) is 15.0 Å². The van der Waals surface area contributed by atoms with E-state index in [1.54, 1.807) is 0 Å². The largest absolute Gasteiger partial charge is 0.477 e. The van der Waals surface area contributed by atoms with Crippen LogP contribution in [0.5, 0.6) is 0 Å². The van der Waals surface area contributed by atoms with Gasteiger partial charge in [-0.05, 0) is 0 Å². The van der Waals surface area contributed by atoms with Gasteiger partial charge in [0, 0.05) is 18.2 Å². The van der Waals surface area contributed by atoms with Crippen LogP contribution >= 0.6 is 11.8 Å². The third kappa shape index (κ3) is 3.80. The number of carbonyl (C=O) groups excluding carboxylic acids is 3. The molecule has 160 valence electrons. The van der Waals surface area contributed by atoms with E-state index >= 15 is 0 Å². The van der Waals surface area contributed by atoms with E-state index in [1.807, 2.05) is 0 Å². The fourth-order valence-electron chi connectivity index (χ4n) is 3.01. The Morgan fingerprint density at radius 3 is 2.83 bits per heavy atom. The van der Waals surface area contributed by atoms with E-state index in [9.17, 15) is 24.3 Å². The molecule has 1 aromatic rings. The van der Waals surface area contributed by atoms with Crippen molar-refractivity contribution >= 4 is 53.6 Å². The second-order valence-corrected chi connectivity index (χ2v) is 7.17. The lowest BCUT2D eigenvalue weighted by Gasteiger charge is -2.51. The Labute approximate surface area is 173 Å². The summed E-state index contributed by atoms with van der Waals surface area (Å²) < 4.78 is 9.82. The van der Waals surface area contributed by atoms with Crippen LogP contribution in [0.4, 0.5) is 11.8 Å². The van der Waals surface area contributed by atoms with Crippen molar-refractivity contribution < 1.29 is 38.3 Å². The highest BCUT2D eigenvalue weighted by molar-refractivity contribution is 8.00. The van der Waals surface area contributed by atoms with Crippen LogP contribution in [0.3, 0.4) is 0 Å². The molecule has 0 aromatic carbocycles. The molecule has 0 radical (unpaired) electrons. The number of oxime groups is 1. The number of amides is 2. The van der Waals surface area contributed by atoms with Gasteiger partial charge in [-0.1, -0.05) is 5.16 Å². The molecule has 13 nitrogen and oxygen atoms in total. The van der Waals surface area contributed by atoms with E-state index in [-0.39, 0.29) is 35.5 Å². The number of nitrogen functional groups attached to an aromatic ring is 1. The van der Waals surface area contributed by atoms with Gasteiger partial charge in [-0.3, -0.25) is 24.2 Å². The molecule has 0 saturated carbocycles. The smallest absolute Gasteiger partial charge is 0.352 e. The number of anilines is 2. The summed E-state index contributed by atoms with van der Waals surface area (Å²) in [5.74, 6) is -3.19. The van der Waals surface area contributed by atoms with Crippen LogP contribution in [0.25, 0.3) is 0 Å². The first-order chi connectivity index (χ1) is 14.3. The first-order valence-electron chi connectivity index (χ1n) is 8.40. The van der Waals surface area contributed by atoms with E-state index < -0.39 is 35.2 Å². The monoisotopic (exact) mass is 439 g/mol. The molecule has 1 aromatic heterocycles. The van der Waals surface area contributed by atoms with Crippen molar-refractivity contribution in [2.45, 2.75) is 18.3 Å². The maximum absolute atomic E-state index is 12.9. The van der Waals surface area contributed by atoms with Crippen LogP contribution in [-0.2, 0) is 28.8 Å². The van der Waals surface area contributed by atoms with Crippen LogP contribution in [0.15, 0.2) is 27.1 Å². The van der Waals surface area contributed by atoms with Crippen molar-refractivity contribution in [3.8, 4) is 0 Å². The first kappa shape index (κ1) is 21.2. The second kappa shape index (κ2) is 8.44. The predicted molar refractivity (Wildman–Crippen MR) is 102 cm³/mol. The molecular formula is C16H17N5O8S. The highest BCUT2D eigenvalue weighted by Crippen LogP contribution is 2.43. The summed E-state index contributed by atoms with van der Waals surface area (Å²) in [4.78, 5) is 58.9. The van der Waals surface area contributed by atoms with Gasteiger partial charge in [0.2, 0.25) is 0 Å². The molecule has 0 bridgehead atoms. The highest BCUT2D eigenvalue weighted by atomic mass is 32.2. The van der Waals surface area contributed by atoms with Gasteiger partial charge in [0.1, 0.15) is 43.3 Å². The number of esters is 1. The number of aromatic nitrogens is 1. The molecule has 2 atom stereocenters. The van der Waals surface area contributed by atoms with Crippen LogP contribution < -0.4 is 10.6 Å². The molecule has 14 heteroatoms. The molecule has 2 amide bonds. The lowest BCUT2D eigenvalue weighted by atomic mass is 10.0. The van der Waals surface area contributed by atoms with Crippen molar-refractivity contribution in [1.82, 2.24) is 9.88 Å². The molecule has 0 spiro atoms. The summed E-state index contributed by atoms with van der Waals surface area (Å²) in [6, 6.07) is -1.30.